The maximum absolute atomic E-state index is 12.4. The SMILES string of the molecule is CC(C)(C)OC(=O)NCCCCOc1ccc(-c2cccc(C(=O)N[C@@H](CC(=O)O)C(=O)O)n2)cc1. The smallest absolute Gasteiger partial charge is 0.407 e. The van der Waals surface area contributed by atoms with Crippen molar-refractivity contribution in [2.24, 2.45) is 0 Å². The molecule has 0 saturated heterocycles. The Hall–Kier alpha value is -4.15. The van der Waals surface area contributed by atoms with Crippen LogP contribution in [0.5, 0.6) is 5.75 Å². The summed E-state index contributed by atoms with van der Waals surface area (Å²) in [7, 11) is 0. The minimum atomic E-state index is -1.56. The van der Waals surface area contributed by atoms with E-state index in [0.29, 0.717) is 30.2 Å². The quantitative estimate of drug-likeness (QED) is 0.320. The molecule has 0 fully saturated rings. The molecule has 0 radical (unpaired) electrons. The molecule has 11 heteroatoms. The second-order valence-electron chi connectivity index (χ2n) is 8.88. The molecule has 194 valence electrons. The Morgan fingerprint density at radius 3 is 2.31 bits per heavy atom. The Kier molecular flexibility index (Phi) is 10.2. The second-order valence-corrected chi connectivity index (χ2v) is 8.88. The predicted octanol–water partition coefficient (Wildman–Crippen LogP) is 3.09. The molecule has 0 unspecified atom stereocenters. The molecule has 0 aliphatic heterocycles. The molecule has 2 rings (SSSR count). The van der Waals surface area contributed by atoms with Crippen LogP contribution in [0.1, 0.15) is 50.5 Å². The first kappa shape index (κ1) is 28.1. The van der Waals surface area contributed by atoms with Gasteiger partial charge < -0.3 is 30.3 Å². The van der Waals surface area contributed by atoms with E-state index in [0.717, 1.165) is 12.8 Å². The Labute approximate surface area is 208 Å². The lowest BCUT2D eigenvalue weighted by Gasteiger charge is -2.19. The van der Waals surface area contributed by atoms with Crippen molar-refractivity contribution < 1.29 is 38.9 Å². The van der Waals surface area contributed by atoms with Crippen LogP contribution in [0.25, 0.3) is 11.3 Å². The van der Waals surface area contributed by atoms with Gasteiger partial charge in [0.15, 0.2) is 0 Å². The number of amides is 2. The minimum Gasteiger partial charge on any atom is -0.494 e. The average Bonchev–Trinajstić information content (AvgIpc) is 2.80. The van der Waals surface area contributed by atoms with E-state index in [1.54, 1.807) is 57.2 Å². The number of carboxylic acids is 2. The van der Waals surface area contributed by atoms with Crippen LogP contribution in [0.3, 0.4) is 0 Å². The lowest BCUT2D eigenvalue weighted by Crippen LogP contribution is -2.42. The number of aliphatic carboxylic acids is 2. The number of carbonyl (C=O) groups is 4. The van der Waals surface area contributed by atoms with Gasteiger partial charge in [-0.2, -0.15) is 0 Å². The highest BCUT2D eigenvalue weighted by Gasteiger charge is 2.24. The normalized spacial score (nSPS) is 11.8. The van der Waals surface area contributed by atoms with Gasteiger partial charge in [0, 0.05) is 12.1 Å². The van der Waals surface area contributed by atoms with Crippen LogP contribution in [0.15, 0.2) is 42.5 Å². The number of rotatable bonds is 12. The van der Waals surface area contributed by atoms with Crippen LogP contribution >= 0.6 is 0 Å². The molecule has 2 aromatic rings. The Bertz CT molecular complexity index is 1060. The number of nitrogens with zero attached hydrogens (tertiary/aromatic N) is 1. The van der Waals surface area contributed by atoms with Crippen molar-refractivity contribution in [1.82, 2.24) is 15.6 Å². The molecule has 0 saturated carbocycles. The van der Waals surface area contributed by atoms with E-state index in [2.05, 4.69) is 15.6 Å². The maximum atomic E-state index is 12.4. The van der Waals surface area contributed by atoms with E-state index in [9.17, 15) is 19.2 Å². The molecule has 36 heavy (non-hydrogen) atoms. The number of hydrogen-bond acceptors (Lipinski definition) is 7. The predicted molar refractivity (Wildman–Crippen MR) is 130 cm³/mol. The third-order valence-corrected chi connectivity index (χ3v) is 4.62. The van der Waals surface area contributed by atoms with E-state index in [-0.39, 0.29) is 5.69 Å². The molecule has 4 N–H and O–H groups in total. The monoisotopic (exact) mass is 501 g/mol. The van der Waals surface area contributed by atoms with Crippen LogP contribution in [-0.2, 0) is 14.3 Å². The third-order valence-electron chi connectivity index (χ3n) is 4.62. The first-order chi connectivity index (χ1) is 16.9. The number of pyridine rings is 1. The molecule has 1 atom stereocenters. The fraction of sp³-hybridized carbons (Fsp3) is 0.400. The Morgan fingerprint density at radius 1 is 1.00 bits per heavy atom. The average molecular weight is 502 g/mol. The number of hydrogen-bond donors (Lipinski definition) is 4. The number of benzene rings is 1. The summed E-state index contributed by atoms with van der Waals surface area (Å²) < 4.78 is 10.9. The molecule has 1 aromatic heterocycles. The van der Waals surface area contributed by atoms with Gasteiger partial charge in [0.25, 0.3) is 5.91 Å². The largest absolute Gasteiger partial charge is 0.494 e. The minimum absolute atomic E-state index is 0.0375. The van der Waals surface area contributed by atoms with Gasteiger partial charge in [-0.05, 0) is 70.0 Å². The van der Waals surface area contributed by atoms with Crippen LogP contribution < -0.4 is 15.4 Å². The van der Waals surface area contributed by atoms with Gasteiger partial charge in [0.05, 0.1) is 18.7 Å². The zero-order chi connectivity index (χ0) is 26.7. The summed E-state index contributed by atoms with van der Waals surface area (Å²) in [6.07, 6.45) is 0.264. The molecule has 2 amide bonds. The van der Waals surface area contributed by atoms with E-state index >= 15 is 0 Å². The van der Waals surface area contributed by atoms with E-state index < -0.39 is 42.0 Å². The van der Waals surface area contributed by atoms with E-state index in [1.165, 1.54) is 6.07 Å². The standard InChI is InChI=1S/C25H31N3O8/c1-25(2,3)36-24(34)26-13-4-5-14-35-17-11-9-16(10-12-17)18-7-6-8-19(27-18)22(31)28-20(23(32)33)15-21(29)30/h6-12,20H,4-5,13-15H2,1-3H3,(H,26,34)(H,28,31)(H,29,30)(H,32,33)/t20-/m0/s1. The van der Waals surface area contributed by atoms with E-state index in [4.69, 9.17) is 19.7 Å². The van der Waals surface area contributed by atoms with Crippen molar-refractivity contribution in [2.75, 3.05) is 13.2 Å². The molecule has 0 spiro atoms. The van der Waals surface area contributed by atoms with Crippen LogP contribution in [0, 0.1) is 0 Å². The number of carboxylic acid groups (broad SMARTS) is 2. The molecular formula is C25H31N3O8. The summed E-state index contributed by atoms with van der Waals surface area (Å²) >= 11 is 0. The van der Waals surface area contributed by atoms with Gasteiger partial charge >= 0.3 is 18.0 Å². The van der Waals surface area contributed by atoms with Crippen LogP contribution in [0.2, 0.25) is 0 Å². The van der Waals surface area contributed by atoms with E-state index in [1.807, 2.05) is 0 Å². The number of alkyl carbamates (subject to hydrolysis) is 1. The third kappa shape index (κ3) is 10.00. The first-order valence-electron chi connectivity index (χ1n) is 11.4. The molecular weight excluding hydrogens is 470 g/mol. The highest BCUT2D eigenvalue weighted by Crippen LogP contribution is 2.21. The highest BCUT2D eigenvalue weighted by molar-refractivity contribution is 5.96. The van der Waals surface area contributed by atoms with Gasteiger partial charge in [-0.3, -0.25) is 9.59 Å². The number of carbonyl (C=O) groups excluding carboxylic acids is 2. The number of unbranched alkanes of at least 4 members (excludes halogenated alkanes) is 1. The number of aromatic nitrogens is 1. The molecule has 0 aliphatic rings. The maximum Gasteiger partial charge on any atom is 0.407 e. The van der Waals surface area contributed by atoms with Crippen LogP contribution in [-0.4, -0.2) is 63.9 Å². The fourth-order valence-corrected chi connectivity index (χ4v) is 2.97. The summed E-state index contributed by atoms with van der Waals surface area (Å²) in [5.41, 5.74) is 0.615. The number of nitrogens with one attached hydrogen (secondary N) is 2. The van der Waals surface area contributed by atoms with Crippen LogP contribution in [0.4, 0.5) is 4.79 Å². The van der Waals surface area contributed by atoms with Crippen molar-refractivity contribution in [3.63, 3.8) is 0 Å². The number of ether oxygens (including phenoxy) is 2. The van der Waals surface area contributed by atoms with Crippen molar-refractivity contribution in [3.8, 4) is 17.0 Å². The van der Waals surface area contributed by atoms with Crippen molar-refractivity contribution in [3.05, 3.63) is 48.2 Å². The molecule has 0 aliphatic carbocycles. The lowest BCUT2D eigenvalue weighted by molar-refractivity contribution is -0.145. The summed E-state index contributed by atoms with van der Waals surface area (Å²) in [5.74, 6) is -2.93. The van der Waals surface area contributed by atoms with Crippen molar-refractivity contribution >= 4 is 23.9 Å². The molecule has 1 heterocycles. The first-order valence-corrected chi connectivity index (χ1v) is 11.4. The summed E-state index contributed by atoms with van der Waals surface area (Å²) in [6, 6.07) is 10.2. The Balaban J connectivity index is 1.85. The van der Waals surface area contributed by atoms with Gasteiger partial charge in [0.1, 0.15) is 23.1 Å². The van der Waals surface area contributed by atoms with Gasteiger partial charge in [0.2, 0.25) is 0 Å². The van der Waals surface area contributed by atoms with Gasteiger partial charge in [-0.25, -0.2) is 14.6 Å². The second kappa shape index (κ2) is 13.1. The zero-order valence-corrected chi connectivity index (χ0v) is 20.4. The molecule has 1 aromatic carbocycles. The van der Waals surface area contributed by atoms with Gasteiger partial charge in [-0.15, -0.1) is 0 Å². The van der Waals surface area contributed by atoms with Gasteiger partial charge in [-0.1, -0.05) is 6.07 Å². The van der Waals surface area contributed by atoms with Crippen molar-refractivity contribution in [2.45, 2.75) is 51.7 Å². The molecule has 11 nitrogen and oxygen atoms in total. The topological polar surface area (TPSA) is 164 Å². The summed E-state index contributed by atoms with van der Waals surface area (Å²) in [6.45, 7) is 6.35. The zero-order valence-electron chi connectivity index (χ0n) is 20.4. The fourth-order valence-electron chi connectivity index (χ4n) is 2.97. The summed E-state index contributed by atoms with van der Waals surface area (Å²) in [4.78, 5) is 50.3. The highest BCUT2D eigenvalue weighted by atomic mass is 16.6. The Morgan fingerprint density at radius 2 is 1.69 bits per heavy atom. The summed E-state index contributed by atoms with van der Waals surface area (Å²) in [5, 5.41) is 22.8. The van der Waals surface area contributed by atoms with Crippen molar-refractivity contribution in [1.29, 1.82) is 0 Å². The molecule has 0 bridgehead atoms. The lowest BCUT2D eigenvalue weighted by atomic mass is 10.1.